The number of ketones is 1. The molecule has 0 aliphatic carbocycles. The fraction of sp³-hybridized carbons (Fsp3) is 0.375. The van der Waals surface area contributed by atoms with Crippen LogP contribution in [0.15, 0.2) is 48.5 Å². The Balaban J connectivity index is 1.57. The first-order chi connectivity index (χ1) is 14.2. The van der Waals surface area contributed by atoms with Crippen molar-refractivity contribution in [3.63, 3.8) is 0 Å². The third-order valence-corrected chi connectivity index (χ3v) is 5.06. The molecular formula is C24H27NO5. The minimum Gasteiger partial charge on any atom is -0.482 e. The number of hydrogen-bond acceptors (Lipinski definition) is 5. The molecule has 2 aromatic rings. The van der Waals surface area contributed by atoms with Crippen molar-refractivity contribution in [2.24, 2.45) is 0 Å². The maximum absolute atomic E-state index is 12.6. The molecule has 0 spiro atoms. The van der Waals surface area contributed by atoms with Gasteiger partial charge in [-0.2, -0.15) is 0 Å². The van der Waals surface area contributed by atoms with E-state index >= 15 is 0 Å². The number of Topliss-reactive ketones (excluding diaryl/α,β-unsaturated/α-hetero) is 1. The summed E-state index contributed by atoms with van der Waals surface area (Å²) in [4.78, 5) is 38.6. The van der Waals surface area contributed by atoms with Crippen LogP contribution in [-0.2, 0) is 19.7 Å². The first kappa shape index (κ1) is 21.6. The average molecular weight is 409 g/mol. The Labute approximate surface area is 176 Å². The van der Waals surface area contributed by atoms with Crippen LogP contribution in [0.2, 0.25) is 0 Å². The molecule has 2 aromatic carbocycles. The molecule has 1 atom stereocenters. The molecule has 158 valence electrons. The molecule has 1 heterocycles. The van der Waals surface area contributed by atoms with Gasteiger partial charge >= 0.3 is 5.97 Å². The Bertz CT molecular complexity index is 943. The van der Waals surface area contributed by atoms with Crippen molar-refractivity contribution in [3.8, 4) is 5.75 Å². The summed E-state index contributed by atoms with van der Waals surface area (Å²) in [5.74, 6) is -0.396. The lowest BCUT2D eigenvalue weighted by Gasteiger charge is -2.29. The Morgan fingerprint density at radius 2 is 1.77 bits per heavy atom. The van der Waals surface area contributed by atoms with Gasteiger partial charge in [-0.25, -0.2) is 0 Å². The zero-order valence-corrected chi connectivity index (χ0v) is 17.8. The number of anilines is 1. The molecule has 0 fully saturated rings. The van der Waals surface area contributed by atoms with Crippen molar-refractivity contribution in [2.75, 3.05) is 18.1 Å². The summed E-state index contributed by atoms with van der Waals surface area (Å²) in [5.41, 5.74) is 2.25. The Kier molecular flexibility index (Phi) is 6.25. The highest BCUT2D eigenvalue weighted by atomic mass is 16.5. The minimum atomic E-state index is -0.898. The normalized spacial score (nSPS) is 14.5. The standard InChI is InChI=1S/C24H27NO5/c1-16(23(28)17-9-11-18(12-10-17)24(2,3)4)30-22(27)13-14-25-19-7-5-6-8-20(19)29-15-21(25)26/h5-12,16H,13-15H2,1-4H3/t16-/m1/s1. The van der Waals surface area contributed by atoms with Gasteiger partial charge in [-0.15, -0.1) is 0 Å². The van der Waals surface area contributed by atoms with Crippen molar-refractivity contribution >= 4 is 23.3 Å². The van der Waals surface area contributed by atoms with E-state index in [1.165, 1.54) is 4.90 Å². The smallest absolute Gasteiger partial charge is 0.308 e. The van der Waals surface area contributed by atoms with Gasteiger partial charge in [0.15, 0.2) is 12.7 Å². The molecule has 6 heteroatoms. The van der Waals surface area contributed by atoms with Crippen LogP contribution < -0.4 is 9.64 Å². The Hall–Kier alpha value is -3.15. The van der Waals surface area contributed by atoms with Crippen LogP contribution >= 0.6 is 0 Å². The van der Waals surface area contributed by atoms with Gasteiger partial charge in [-0.05, 0) is 30.0 Å². The maximum Gasteiger partial charge on any atom is 0.308 e. The number of ether oxygens (including phenoxy) is 2. The third-order valence-electron chi connectivity index (χ3n) is 5.06. The summed E-state index contributed by atoms with van der Waals surface area (Å²) in [7, 11) is 0. The second-order valence-electron chi connectivity index (χ2n) is 8.38. The van der Waals surface area contributed by atoms with Gasteiger partial charge < -0.3 is 14.4 Å². The molecule has 0 bridgehead atoms. The molecule has 0 saturated heterocycles. The molecule has 0 saturated carbocycles. The molecule has 6 nitrogen and oxygen atoms in total. The molecule has 1 amide bonds. The predicted octanol–water partition coefficient (Wildman–Crippen LogP) is 3.91. The largest absolute Gasteiger partial charge is 0.482 e. The highest BCUT2D eigenvalue weighted by Gasteiger charge is 2.26. The van der Waals surface area contributed by atoms with Crippen molar-refractivity contribution in [1.82, 2.24) is 0 Å². The number of nitrogens with zero attached hydrogens (tertiary/aromatic N) is 1. The fourth-order valence-corrected chi connectivity index (χ4v) is 3.28. The monoisotopic (exact) mass is 409 g/mol. The zero-order valence-electron chi connectivity index (χ0n) is 17.8. The maximum atomic E-state index is 12.6. The van der Waals surface area contributed by atoms with Crippen molar-refractivity contribution in [3.05, 3.63) is 59.7 Å². The van der Waals surface area contributed by atoms with Crippen LogP contribution in [0, 0.1) is 0 Å². The number of esters is 1. The first-order valence-corrected chi connectivity index (χ1v) is 10.0. The first-order valence-electron chi connectivity index (χ1n) is 10.0. The van der Waals surface area contributed by atoms with Crippen molar-refractivity contribution in [1.29, 1.82) is 0 Å². The number of fused-ring (bicyclic) bond motifs is 1. The summed E-state index contributed by atoms with van der Waals surface area (Å²) in [5, 5.41) is 0. The van der Waals surface area contributed by atoms with Crippen molar-refractivity contribution in [2.45, 2.75) is 45.6 Å². The minimum absolute atomic E-state index is 0.00476. The number of para-hydroxylation sites is 2. The number of amides is 1. The van der Waals surface area contributed by atoms with E-state index in [4.69, 9.17) is 9.47 Å². The van der Waals surface area contributed by atoms with E-state index in [9.17, 15) is 14.4 Å². The van der Waals surface area contributed by atoms with Gasteiger partial charge in [0.1, 0.15) is 5.75 Å². The van der Waals surface area contributed by atoms with Crippen LogP contribution in [-0.4, -0.2) is 36.9 Å². The summed E-state index contributed by atoms with van der Waals surface area (Å²) < 4.78 is 10.7. The quantitative estimate of drug-likeness (QED) is 0.534. The van der Waals surface area contributed by atoms with Gasteiger partial charge in [0.05, 0.1) is 12.1 Å². The van der Waals surface area contributed by atoms with E-state index in [0.717, 1.165) is 5.56 Å². The molecule has 0 unspecified atom stereocenters. The fourth-order valence-electron chi connectivity index (χ4n) is 3.28. The van der Waals surface area contributed by atoms with Gasteiger partial charge in [0.25, 0.3) is 5.91 Å². The van der Waals surface area contributed by atoms with Gasteiger partial charge in [0, 0.05) is 12.1 Å². The van der Waals surface area contributed by atoms with E-state index in [-0.39, 0.29) is 36.7 Å². The second-order valence-corrected chi connectivity index (χ2v) is 8.38. The highest BCUT2D eigenvalue weighted by molar-refractivity contribution is 6.00. The molecule has 1 aliphatic rings. The van der Waals surface area contributed by atoms with Crippen molar-refractivity contribution < 1.29 is 23.9 Å². The average Bonchev–Trinajstić information content (AvgIpc) is 2.72. The SMILES string of the molecule is C[C@@H](OC(=O)CCN1C(=O)COc2ccccc21)C(=O)c1ccc(C(C)(C)C)cc1. The molecule has 0 N–H and O–H groups in total. The van der Waals surface area contributed by atoms with E-state index < -0.39 is 12.1 Å². The van der Waals surface area contributed by atoms with E-state index in [1.54, 1.807) is 37.3 Å². The lowest BCUT2D eigenvalue weighted by atomic mass is 9.86. The lowest BCUT2D eigenvalue weighted by molar-refractivity contribution is -0.146. The van der Waals surface area contributed by atoms with E-state index in [1.807, 2.05) is 18.2 Å². The molecule has 0 radical (unpaired) electrons. The summed E-state index contributed by atoms with van der Waals surface area (Å²) in [6, 6.07) is 14.5. The van der Waals surface area contributed by atoms with E-state index in [2.05, 4.69) is 20.8 Å². The van der Waals surface area contributed by atoms with Crippen LogP contribution in [0.25, 0.3) is 0 Å². The highest BCUT2D eigenvalue weighted by Crippen LogP contribution is 2.31. The summed E-state index contributed by atoms with van der Waals surface area (Å²) in [6.07, 6.45) is -0.911. The number of carbonyl (C=O) groups is 3. The molecule has 0 aromatic heterocycles. The number of carbonyl (C=O) groups excluding carboxylic acids is 3. The van der Waals surface area contributed by atoms with Gasteiger partial charge in [-0.1, -0.05) is 57.2 Å². The molecule has 30 heavy (non-hydrogen) atoms. The zero-order chi connectivity index (χ0) is 21.9. The van der Waals surface area contributed by atoms with E-state index in [0.29, 0.717) is 17.0 Å². The van der Waals surface area contributed by atoms with Crippen LogP contribution in [0.1, 0.15) is 50.0 Å². The van der Waals surface area contributed by atoms with Gasteiger partial charge in [0.2, 0.25) is 5.78 Å². The number of rotatable bonds is 6. The number of hydrogen-bond donors (Lipinski definition) is 0. The summed E-state index contributed by atoms with van der Waals surface area (Å²) >= 11 is 0. The molecule has 3 rings (SSSR count). The molecular weight excluding hydrogens is 382 g/mol. The topological polar surface area (TPSA) is 72.9 Å². The van der Waals surface area contributed by atoms with Crippen LogP contribution in [0.3, 0.4) is 0 Å². The Morgan fingerprint density at radius 3 is 2.43 bits per heavy atom. The second kappa shape index (κ2) is 8.69. The Morgan fingerprint density at radius 1 is 1.10 bits per heavy atom. The third kappa shape index (κ3) is 4.87. The van der Waals surface area contributed by atoms with Crippen LogP contribution in [0.5, 0.6) is 5.75 Å². The van der Waals surface area contributed by atoms with Crippen LogP contribution in [0.4, 0.5) is 5.69 Å². The number of benzene rings is 2. The molecule has 1 aliphatic heterocycles. The lowest BCUT2D eigenvalue weighted by Crippen LogP contribution is -2.40. The summed E-state index contributed by atoms with van der Waals surface area (Å²) in [6.45, 7) is 7.97. The van der Waals surface area contributed by atoms with Gasteiger partial charge in [-0.3, -0.25) is 14.4 Å². The predicted molar refractivity (Wildman–Crippen MR) is 114 cm³/mol.